The molecule has 24 heavy (non-hydrogen) atoms. The molecule has 2 heterocycles. The topological polar surface area (TPSA) is 88.0 Å². The largest absolute Gasteiger partial charge is 0.459 e. The van der Waals surface area contributed by atoms with Crippen molar-refractivity contribution in [2.45, 2.75) is 26.2 Å². The van der Waals surface area contributed by atoms with E-state index in [9.17, 15) is 9.59 Å². The van der Waals surface area contributed by atoms with Crippen LogP contribution in [0.1, 0.15) is 50.8 Å². The van der Waals surface area contributed by atoms with Gasteiger partial charge in [0.2, 0.25) is 0 Å². The molecule has 0 fully saturated rings. The smallest absolute Gasteiger partial charge is 0.307 e. The standard InChI is InChI=1S/C17H19N3O4/c1-10-14-11(18-19-16(21)13-8-5-9-23-13)6-4-7-12(14)24-15(10)17(22)20(2)3/h5,8-9H,4,6-7H2,1-3H3,(H,19,21)/b18-11+. The van der Waals surface area contributed by atoms with Crippen molar-refractivity contribution < 1.29 is 18.4 Å². The molecule has 7 nitrogen and oxygen atoms in total. The number of amides is 2. The second-order valence-electron chi connectivity index (χ2n) is 5.88. The molecule has 0 unspecified atom stereocenters. The number of carbonyl (C=O) groups excluding carboxylic acids is 2. The quantitative estimate of drug-likeness (QED) is 0.876. The highest BCUT2D eigenvalue weighted by Gasteiger charge is 2.28. The molecule has 2 amide bonds. The summed E-state index contributed by atoms with van der Waals surface area (Å²) in [5.41, 5.74) is 4.80. The molecule has 0 saturated carbocycles. The van der Waals surface area contributed by atoms with Gasteiger partial charge >= 0.3 is 5.91 Å². The number of carbonyl (C=O) groups is 2. The van der Waals surface area contributed by atoms with Crippen molar-refractivity contribution in [3.8, 4) is 0 Å². The van der Waals surface area contributed by atoms with Crippen LogP contribution in [0.2, 0.25) is 0 Å². The lowest BCUT2D eigenvalue weighted by Crippen LogP contribution is -2.23. The molecule has 1 N–H and O–H groups in total. The van der Waals surface area contributed by atoms with Gasteiger partial charge in [0.05, 0.1) is 12.0 Å². The van der Waals surface area contributed by atoms with Crippen molar-refractivity contribution in [1.29, 1.82) is 0 Å². The molecule has 7 heteroatoms. The van der Waals surface area contributed by atoms with Gasteiger partial charge in [0.25, 0.3) is 5.91 Å². The number of nitrogens with zero attached hydrogens (tertiary/aromatic N) is 2. The van der Waals surface area contributed by atoms with Crippen molar-refractivity contribution in [3.63, 3.8) is 0 Å². The summed E-state index contributed by atoms with van der Waals surface area (Å²) in [6, 6.07) is 3.21. The Morgan fingerprint density at radius 3 is 2.75 bits per heavy atom. The summed E-state index contributed by atoms with van der Waals surface area (Å²) in [5.74, 6) is 0.681. The van der Waals surface area contributed by atoms with Gasteiger partial charge in [0, 0.05) is 31.6 Å². The van der Waals surface area contributed by atoms with Crippen LogP contribution >= 0.6 is 0 Å². The fourth-order valence-corrected chi connectivity index (χ4v) is 2.77. The summed E-state index contributed by atoms with van der Waals surface area (Å²) in [4.78, 5) is 25.7. The van der Waals surface area contributed by atoms with E-state index in [1.807, 2.05) is 6.92 Å². The van der Waals surface area contributed by atoms with E-state index in [4.69, 9.17) is 8.83 Å². The van der Waals surface area contributed by atoms with Crippen LogP contribution in [0.3, 0.4) is 0 Å². The molecule has 0 bridgehead atoms. The second-order valence-corrected chi connectivity index (χ2v) is 5.88. The van der Waals surface area contributed by atoms with Crippen molar-refractivity contribution in [2.75, 3.05) is 14.1 Å². The fraction of sp³-hybridized carbons (Fsp3) is 0.353. The lowest BCUT2D eigenvalue weighted by molar-refractivity contribution is 0.0793. The molecule has 1 aliphatic carbocycles. The second kappa shape index (κ2) is 6.35. The monoisotopic (exact) mass is 329 g/mol. The highest BCUT2D eigenvalue weighted by molar-refractivity contribution is 6.07. The molecular formula is C17H19N3O4. The van der Waals surface area contributed by atoms with Crippen LogP contribution in [0.25, 0.3) is 0 Å². The van der Waals surface area contributed by atoms with Gasteiger partial charge in [-0.2, -0.15) is 5.10 Å². The van der Waals surface area contributed by atoms with Crippen LogP contribution < -0.4 is 5.43 Å². The van der Waals surface area contributed by atoms with Gasteiger partial charge in [0.15, 0.2) is 11.5 Å². The number of rotatable bonds is 3. The van der Waals surface area contributed by atoms with Gasteiger partial charge in [-0.1, -0.05) is 0 Å². The molecule has 2 aromatic rings. The number of hydrogen-bond donors (Lipinski definition) is 1. The van der Waals surface area contributed by atoms with Gasteiger partial charge in [-0.25, -0.2) is 5.43 Å². The van der Waals surface area contributed by atoms with Gasteiger partial charge in [-0.05, 0) is 31.9 Å². The molecule has 3 rings (SSSR count). The molecule has 126 valence electrons. The molecule has 0 atom stereocenters. The number of aryl methyl sites for hydroxylation is 1. The number of nitrogens with one attached hydrogen (secondary N) is 1. The number of hydrazone groups is 1. The molecular weight excluding hydrogens is 310 g/mol. The Bertz CT molecular complexity index is 800. The molecule has 0 aliphatic heterocycles. The zero-order valence-corrected chi connectivity index (χ0v) is 13.9. The molecule has 0 saturated heterocycles. The Hall–Kier alpha value is -2.83. The van der Waals surface area contributed by atoms with Crippen molar-refractivity contribution in [3.05, 3.63) is 46.8 Å². The third-order valence-corrected chi connectivity index (χ3v) is 3.96. The first-order chi connectivity index (χ1) is 11.5. The van der Waals surface area contributed by atoms with Crippen LogP contribution in [-0.4, -0.2) is 36.5 Å². The maximum absolute atomic E-state index is 12.2. The first kappa shape index (κ1) is 16.0. The average Bonchev–Trinajstić information content (AvgIpc) is 3.20. The Balaban J connectivity index is 1.90. The van der Waals surface area contributed by atoms with Crippen LogP contribution in [0, 0.1) is 6.92 Å². The van der Waals surface area contributed by atoms with E-state index in [2.05, 4.69) is 10.5 Å². The van der Waals surface area contributed by atoms with Gasteiger partial charge in [-0.3, -0.25) is 9.59 Å². The number of furan rings is 2. The minimum atomic E-state index is -0.412. The summed E-state index contributed by atoms with van der Waals surface area (Å²) in [6.45, 7) is 1.84. The zero-order chi connectivity index (χ0) is 17.3. The summed E-state index contributed by atoms with van der Waals surface area (Å²) in [7, 11) is 3.36. The maximum atomic E-state index is 12.2. The van der Waals surface area contributed by atoms with Crippen LogP contribution in [0.4, 0.5) is 0 Å². The fourth-order valence-electron chi connectivity index (χ4n) is 2.77. The number of hydrogen-bond acceptors (Lipinski definition) is 5. The average molecular weight is 329 g/mol. The third-order valence-electron chi connectivity index (χ3n) is 3.96. The van der Waals surface area contributed by atoms with E-state index in [0.29, 0.717) is 12.2 Å². The SMILES string of the molecule is Cc1c(C(=O)N(C)C)oc2c1/C(=N/NC(=O)c1ccco1)CCC2. The highest BCUT2D eigenvalue weighted by Crippen LogP contribution is 2.30. The minimum absolute atomic E-state index is 0.180. The van der Waals surface area contributed by atoms with Crippen molar-refractivity contribution in [1.82, 2.24) is 10.3 Å². The normalized spacial score (nSPS) is 15.2. The Morgan fingerprint density at radius 2 is 2.08 bits per heavy atom. The number of fused-ring (bicyclic) bond motifs is 1. The molecule has 0 aromatic carbocycles. The van der Waals surface area contributed by atoms with E-state index in [0.717, 1.165) is 35.4 Å². The predicted molar refractivity (Wildman–Crippen MR) is 87.1 cm³/mol. The minimum Gasteiger partial charge on any atom is -0.459 e. The molecule has 1 aliphatic rings. The highest BCUT2D eigenvalue weighted by atomic mass is 16.4. The van der Waals surface area contributed by atoms with Gasteiger partial charge in [0.1, 0.15) is 5.76 Å². The van der Waals surface area contributed by atoms with E-state index in [-0.39, 0.29) is 11.7 Å². The van der Waals surface area contributed by atoms with E-state index in [1.54, 1.807) is 26.2 Å². The summed E-state index contributed by atoms with van der Waals surface area (Å²) >= 11 is 0. The van der Waals surface area contributed by atoms with Crippen LogP contribution in [0.15, 0.2) is 32.3 Å². The molecule has 0 spiro atoms. The Kier molecular flexibility index (Phi) is 4.24. The predicted octanol–water partition coefficient (Wildman–Crippen LogP) is 2.35. The van der Waals surface area contributed by atoms with E-state index >= 15 is 0 Å². The van der Waals surface area contributed by atoms with Crippen LogP contribution in [0.5, 0.6) is 0 Å². The van der Waals surface area contributed by atoms with Gasteiger partial charge in [-0.15, -0.1) is 0 Å². The lowest BCUT2D eigenvalue weighted by atomic mass is 9.93. The van der Waals surface area contributed by atoms with E-state index in [1.165, 1.54) is 11.2 Å². The first-order valence-electron chi connectivity index (χ1n) is 7.73. The molecule has 2 aromatic heterocycles. The Morgan fingerprint density at radius 1 is 1.29 bits per heavy atom. The summed E-state index contributed by atoms with van der Waals surface area (Å²) in [6.07, 6.45) is 3.74. The van der Waals surface area contributed by atoms with E-state index < -0.39 is 5.91 Å². The third kappa shape index (κ3) is 2.84. The summed E-state index contributed by atoms with van der Waals surface area (Å²) < 4.78 is 10.8. The van der Waals surface area contributed by atoms with Crippen molar-refractivity contribution in [2.24, 2.45) is 5.10 Å². The maximum Gasteiger partial charge on any atom is 0.307 e. The Labute approximate surface area is 139 Å². The van der Waals surface area contributed by atoms with Gasteiger partial charge < -0.3 is 13.7 Å². The lowest BCUT2D eigenvalue weighted by Gasteiger charge is -2.13. The molecule has 0 radical (unpaired) electrons. The first-order valence-corrected chi connectivity index (χ1v) is 7.73. The zero-order valence-electron chi connectivity index (χ0n) is 13.9. The van der Waals surface area contributed by atoms with Crippen LogP contribution in [-0.2, 0) is 6.42 Å². The summed E-state index contributed by atoms with van der Waals surface area (Å²) in [5, 5.41) is 4.23. The van der Waals surface area contributed by atoms with Crippen molar-refractivity contribution >= 4 is 17.5 Å².